The first-order valence-electron chi connectivity index (χ1n) is 8.15. The topological polar surface area (TPSA) is 48.9 Å². The van der Waals surface area contributed by atoms with Crippen molar-refractivity contribution >= 4 is 5.96 Å². The largest absolute Gasteiger partial charge is 0.383 e. The molecule has 128 valence electrons. The van der Waals surface area contributed by atoms with Gasteiger partial charge in [0.2, 0.25) is 0 Å². The highest BCUT2D eigenvalue weighted by Crippen LogP contribution is 2.25. The van der Waals surface area contributed by atoms with Gasteiger partial charge in [-0.15, -0.1) is 0 Å². The molecule has 5 nitrogen and oxygen atoms in total. The Balaban J connectivity index is 1.68. The van der Waals surface area contributed by atoms with Crippen LogP contribution in [0.2, 0.25) is 0 Å². The average Bonchev–Trinajstić information content (AvgIpc) is 3.40. The Morgan fingerprint density at radius 2 is 2.00 bits per heavy atom. The highest BCUT2D eigenvalue weighted by atomic mass is 19.1. The highest BCUT2D eigenvalue weighted by molar-refractivity contribution is 5.79. The lowest BCUT2D eigenvalue weighted by molar-refractivity contribution is 0.144. The SMILES string of the molecule is CN=C(NCCN(CCOC)C1CC1)NCc1ccc(F)cc1. The zero-order valence-corrected chi connectivity index (χ0v) is 14.0. The molecule has 6 heteroatoms. The molecule has 1 saturated carbocycles. The summed E-state index contributed by atoms with van der Waals surface area (Å²) in [5, 5.41) is 6.56. The van der Waals surface area contributed by atoms with Gasteiger partial charge in [0, 0.05) is 46.4 Å². The van der Waals surface area contributed by atoms with Crippen molar-refractivity contribution in [3.05, 3.63) is 35.6 Å². The molecule has 1 aliphatic rings. The summed E-state index contributed by atoms with van der Waals surface area (Å²) >= 11 is 0. The van der Waals surface area contributed by atoms with E-state index in [2.05, 4.69) is 20.5 Å². The maximum atomic E-state index is 12.9. The zero-order chi connectivity index (χ0) is 16.5. The van der Waals surface area contributed by atoms with Crippen molar-refractivity contribution in [2.24, 2.45) is 4.99 Å². The molecule has 0 atom stereocenters. The van der Waals surface area contributed by atoms with Crippen LogP contribution in [-0.2, 0) is 11.3 Å². The zero-order valence-electron chi connectivity index (χ0n) is 14.0. The Labute approximate surface area is 137 Å². The van der Waals surface area contributed by atoms with Crippen LogP contribution in [0.5, 0.6) is 0 Å². The third-order valence-corrected chi connectivity index (χ3v) is 3.93. The van der Waals surface area contributed by atoms with Gasteiger partial charge in [-0.25, -0.2) is 4.39 Å². The summed E-state index contributed by atoms with van der Waals surface area (Å²) in [4.78, 5) is 6.68. The van der Waals surface area contributed by atoms with Crippen LogP contribution >= 0.6 is 0 Å². The number of ether oxygens (including phenoxy) is 1. The molecule has 1 aliphatic carbocycles. The lowest BCUT2D eigenvalue weighted by Crippen LogP contribution is -2.42. The second kappa shape index (κ2) is 9.47. The molecule has 0 saturated heterocycles. The van der Waals surface area contributed by atoms with Crippen LogP contribution in [0.25, 0.3) is 0 Å². The summed E-state index contributed by atoms with van der Waals surface area (Å²) in [6.07, 6.45) is 2.59. The van der Waals surface area contributed by atoms with E-state index in [1.807, 2.05) is 0 Å². The van der Waals surface area contributed by atoms with Gasteiger partial charge < -0.3 is 15.4 Å². The molecular weight excluding hydrogens is 295 g/mol. The van der Waals surface area contributed by atoms with Gasteiger partial charge in [-0.1, -0.05) is 12.1 Å². The lowest BCUT2D eigenvalue weighted by Gasteiger charge is -2.22. The van der Waals surface area contributed by atoms with E-state index in [1.54, 1.807) is 26.3 Å². The second-order valence-corrected chi connectivity index (χ2v) is 5.74. The van der Waals surface area contributed by atoms with Gasteiger partial charge >= 0.3 is 0 Å². The highest BCUT2D eigenvalue weighted by Gasteiger charge is 2.28. The molecule has 23 heavy (non-hydrogen) atoms. The maximum absolute atomic E-state index is 12.9. The molecule has 0 spiro atoms. The van der Waals surface area contributed by atoms with E-state index in [0.717, 1.165) is 43.8 Å². The molecule has 0 amide bonds. The summed E-state index contributed by atoms with van der Waals surface area (Å²) < 4.78 is 18.1. The van der Waals surface area contributed by atoms with Crippen molar-refractivity contribution in [2.75, 3.05) is 40.4 Å². The minimum atomic E-state index is -0.215. The second-order valence-electron chi connectivity index (χ2n) is 5.74. The van der Waals surface area contributed by atoms with E-state index in [1.165, 1.54) is 25.0 Å². The normalized spacial score (nSPS) is 15.0. The van der Waals surface area contributed by atoms with E-state index in [0.29, 0.717) is 6.54 Å². The molecular formula is C17H27FN4O. The Kier molecular flexibility index (Phi) is 7.29. The first-order valence-corrected chi connectivity index (χ1v) is 8.15. The molecule has 0 aromatic heterocycles. The Morgan fingerprint density at radius 1 is 1.26 bits per heavy atom. The number of guanidine groups is 1. The summed E-state index contributed by atoms with van der Waals surface area (Å²) in [6, 6.07) is 7.21. The minimum absolute atomic E-state index is 0.215. The van der Waals surface area contributed by atoms with Gasteiger partial charge in [-0.2, -0.15) is 0 Å². The van der Waals surface area contributed by atoms with Gasteiger partial charge in [0.25, 0.3) is 0 Å². The van der Waals surface area contributed by atoms with Crippen molar-refractivity contribution in [2.45, 2.75) is 25.4 Å². The number of nitrogens with one attached hydrogen (secondary N) is 2. The quantitative estimate of drug-likeness (QED) is 0.536. The molecule has 0 aliphatic heterocycles. The number of methoxy groups -OCH3 is 1. The van der Waals surface area contributed by atoms with E-state index in [4.69, 9.17) is 4.74 Å². The smallest absolute Gasteiger partial charge is 0.191 e. The van der Waals surface area contributed by atoms with E-state index in [9.17, 15) is 4.39 Å². The predicted molar refractivity (Wildman–Crippen MR) is 91.1 cm³/mol. The number of nitrogens with zero attached hydrogens (tertiary/aromatic N) is 2. The van der Waals surface area contributed by atoms with E-state index < -0.39 is 0 Å². The van der Waals surface area contributed by atoms with Gasteiger partial charge in [0.15, 0.2) is 5.96 Å². The van der Waals surface area contributed by atoms with Crippen LogP contribution in [0.15, 0.2) is 29.3 Å². The van der Waals surface area contributed by atoms with Crippen LogP contribution in [0, 0.1) is 5.82 Å². The molecule has 0 bridgehead atoms. The third-order valence-electron chi connectivity index (χ3n) is 3.93. The van der Waals surface area contributed by atoms with Crippen LogP contribution < -0.4 is 10.6 Å². The molecule has 2 rings (SSSR count). The van der Waals surface area contributed by atoms with Gasteiger partial charge in [0.05, 0.1) is 6.61 Å². The van der Waals surface area contributed by atoms with E-state index in [-0.39, 0.29) is 5.82 Å². The van der Waals surface area contributed by atoms with Crippen molar-refractivity contribution in [1.82, 2.24) is 15.5 Å². The molecule has 0 heterocycles. The summed E-state index contributed by atoms with van der Waals surface area (Å²) in [5.74, 6) is 0.546. The number of rotatable bonds is 9. The van der Waals surface area contributed by atoms with Crippen LogP contribution in [0.4, 0.5) is 4.39 Å². The van der Waals surface area contributed by atoms with E-state index >= 15 is 0 Å². The Morgan fingerprint density at radius 3 is 2.61 bits per heavy atom. The fourth-order valence-corrected chi connectivity index (χ4v) is 2.45. The van der Waals surface area contributed by atoms with Gasteiger partial charge in [-0.3, -0.25) is 9.89 Å². The fraction of sp³-hybridized carbons (Fsp3) is 0.588. The van der Waals surface area contributed by atoms with Crippen LogP contribution in [0.1, 0.15) is 18.4 Å². The summed E-state index contributed by atoms with van der Waals surface area (Å²) in [6.45, 7) is 4.18. The van der Waals surface area contributed by atoms with Crippen molar-refractivity contribution in [1.29, 1.82) is 0 Å². The third kappa shape index (κ3) is 6.54. The molecule has 2 N–H and O–H groups in total. The van der Waals surface area contributed by atoms with Gasteiger partial charge in [0.1, 0.15) is 5.82 Å². The molecule has 1 aromatic carbocycles. The minimum Gasteiger partial charge on any atom is -0.383 e. The number of aliphatic imine (C=N–C) groups is 1. The van der Waals surface area contributed by atoms with Crippen molar-refractivity contribution in [3.8, 4) is 0 Å². The molecule has 0 unspecified atom stereocenters. The Hall–Kier alpha value is -1.66. The van der Waals surface area contributed by atoms with Crippen LogP contribution in [0.3, 0.4) is 0 Å². The van der Waals surface area contributed by atoms with Crippen molar-refractivity contribution < 1.29 is 9.13 Å². The fourth-order valence-electron chi connectivity index (χ4n) is 2.45. The van der Waals surface area contributed by atoms with Gasteiger partial charge in [-0.05, 0) is 30.5 Å². The standard InChI is InChI=1S/C17H27FN4O/c1-19-17(21-13-14-3-5-15(18)6-4-14)20-9-10-22(11-12-23-2)16-7-8-16/h3-6,16H,7-13H2,1-2H3,(H2,19,20,21). The summed E-state index contributed by atoms with van der Waals surface area (Å²) in [5.41, 5.74) is 1.02. The number of hydrogen-bond acceptors (Lipinski definition) is 3. The molecule has 0 radical (unpaired) electrons. The van der Waals surface area contributed by atoms with Crippen molar-refractivity contribution in [3.63, 3.8) is 0 Å². The first-order chi connectivity index (χ1) is 11.2. The summed E-state index contributed by atoms with van der Waals surface area (Å²) in [7, 11) is 3.49. The lowest BCUT2D eigenvalue weighted by atomic mass is 10.2. The number of halogens is 1. The predicted octanol–water partition coefficient (Wildman–Crippen LogP) is 1.60. The monoisotopic (exact) mass is 322 g/mol. The van der Waals surface area contributed by atoms with Crippen LogP contribution in [-0.4, -0.2) is 57.3 Å². The average molecular weight is 322 g/mol. The maximum Gasteiger partial charge on any atom is 0.191 e. The number of hydrogen-bond donors (Lipinski definition) is 2. The Bertz CT molecular complexity index is 488. The molecule has 1 fully saturated rings. The molecule has 1 aromatic rings. The number of benzene rings is 1. The first kappa shape index (κ1) is 17.7.